The molecule has 100 valence electrons. The lowest BCUT2D eigenvalue weighted by Gasteiger charge is -2.30. The van der Waals surface area contributed by atoms with E-state index in [2.05, 4.69) is 0 Å². The highest BCUT2D eigenvalue weighted by molar-refractivity contribution is 5.83. The van der Waals surface area contributed by atoms with E-state index < -0.39 is 6.10 Å². The van der Waals surface area contributed by atoms with E-state index in [-0.39, 0.29) is 11.6 Å². The third-order valence-electron chi connectivity index (χ3n) is 4.02. The quantitative estimate of drug-likeness (QED) is 0.822. The molecule has 3 N–H and O–H groups in total. The molecular formula is C15H18N2O2. The van der Waals surface area contributed by atoms with Crippen LogP contribution < -0.4 is 11.3 Å². The van der Waals surface area contributed by atoms with Crippen LogP contribution in [-0.2, 0) is 0 Å². The minimum Gasteiger partial charge on any atom is -0.391 e. The number of hydrogen-bond acceptors (Lipinski definition) is 3. The average Bonchev–Trinajstić information content (AvgIpc) is 2.41. The van der Waals surface area contributed by atoms with Gasteiger partial charge in [-0.05, 0) is 30.4 Å². The molecule has 0 amide bonds. The zero-order valence-electron chi connectivity index (χ0n) is 10.7. The predicted molar refractivity (Wildman–Crippen MR) is 76.1 cm³/mol. The van der Waals surface area contributed by atoms with E-state index in [1.54, 1.807) is 4.57 Å². The van der Waals surface area contributed by atoms with E-state index in [4.69, 9.17) is 5.73 Å². The zero-order chi connectivity index (χ0) is 13.4. The number of fused-ring (bicyclic) bond motifs is 1. The number of benzene rings is 1. The van der Waals surface area contributed by atoms with E-state index in [1.807, 2.05) is 30.3 Å². The summed E-state index contributed by atoms with van der Waals surface area (Å²) in [7, 11) is 0. The fourth-order valence-electron chi connectivity index (χ4n) is 3.03. The van der Waals surface area contributed by atoms with Crippen molar-refractivity contribution in [2.75, 3.05) is 5.73 Å². The van der Waals surface area contributed by atoms with Crippen LogP contribution in [0.25, 0.3) is 10.8 Å². The summed E-state index contributed by atoms with van der Waals surface area (Å²) in [5.74, 6) is 0.439. The maximum Gasteiger partial charge on any atom is 0.260 e. The van der Waals surface area contributed by atoms with Gasteiger partial charge in [-0.25, -0.2) is 0 Å². The van der Waals surface area contributed by atoms with Gasteiger partial charge >= 0.3 is 0 Å². The number of anilines is 1. The maximum absolute atomic E-state index is 12.6. The molecule has 1 saturated carbocycles. The Balaban J connectivity index is 2.20. The van der Waals surface area contributed by atoms with E-state index in [1.165, 1.54) is 0 Å². The van der Waals surface area contributed by atoms with Crippen molar-refractivity contribution in [1.82, 2.24) is 4.57 Å². The third kappa shape index (κ3) is 2.02. The Morgan fingerprint density at radius 1 is 1.21 bits per heavy atom. The summed E-state index contributed by atoms with van der Waals surface area (Å²) in [4.78, 5) is 12.6. The molecule has 3 rings (SSSR count). The second-order valence-electron chi connectivity index (χ2n) is 5.25. The van der Waals surface area contributed by atoms with Gasteiger partial charge in [0, 0.05) is 5.39 Å². The number of aromatic nitrogens is 1. The molecule has 0 aliphatic heterocycles. The molecule has 19 heavy (non-hydrogen) atoms. The Morgan fingerprint density at radius 2 is 1.95 bits per heavy atom. The molecule has 0 bridgehead atoms. The van der Waals surface area contributed by atoms with Gasteiger partial charge in [0.15, 0.2) is 0 Å². The Morgan fingerprint density at radius 3 is 2.74 bits per heavy atom. The van der Waals surface area contributed by atoms with Crippen molar-refractivity contribution in [2.45, 2.75) is 37.8 Å². The average molecular weight is 258 g/mol. The first-order valence-electron chi connectivity index (χ1n) is 6.76. The van der Waals surface area contributed by atoms with E-state index in [0.717, 1.165) is 31.1 Å². The second-order valence-corrected chi connectivity index (χ2v) is 5.25. The molecule has 1 heterocycles. The molecule has 1 aromatic heterocycles. The first kappa shape index (κ1) is 12.2. The first-order valence-corrected chi connectivity index (χ1v) is 6.76. The van der Waals surface area contributed by atoms with Crippen molar-refractivity contribution in [3.63, 3.8) is 0 Å². The number of nitrogens with zero attached hydrogens (tertiary/aromatic N) is 1. The predicted octanol–water partition coefficient (Wildman–Crippen LogP) is 2.06. The molecule has 1 aliphatic carbocycles. The van der Waals surface area contributed by atoms with Crippen LogP contribution in [-0.4, -0.2) is 15.8 Å². The summed E-state index contributed by atoms with van der Waals surface area (Å²) in [5, 5.41) is 11.6. The van der Waals surface area contributed by atoms with Crippen molar-refractivity contribution in [2.24, 2.45) is 0 Å². The van der Waals surface area contributed by atoms with E-state index >= 15 is 0 Å². The normalized spacial score (nSPS) is 23.6. The van der Waals surface area contributed by atoms with Gasteiger partial charge in [-0.1, -0.05) is 31.0 Å². The SMILES string of the molecule is Nc1cc2ccccc2c(=O)n1C1CCCCC1O. The largest absolute Gasteiger partial charge is 0.391 e. The number of rotatable bonds is 1. The molecule has 1 fully saturated rings. The zero-order valence-corrected chi connectivity index (χ0v) is 10.7. The van der Waals surface area contributed by atoms with Crippen LogP contribution in [0.2, 0.25) is 0 Å². The van der Waals surface area contributed by atoms with Gasteiger partial charge in [-0.2, -0.15) is 0 Å². The highest BCUT2D eigenvalue weighted by Gasteiger charge is 2.27. The van der Waals surface area contributed by atoms with E-state index in [9.17, 15) is 9.90 Å². The number of pyridine rings is 1. The number of aliphatic hydroxyl groups excluding tert-OH is 1. The molecule has 0 radical (unpaired) electrons. The van der Waals surface area contributed by atoms with Crippen LogP contribution in [0.15, 0.2) is 35.1 Å². The molecule has 1 aromatic carbocycles. The van der Waals surface area contributed by atoms with Crippen molar-refractivity contribution >= 4 is 16.6 Å². The fourth-order valence-corrected chi connectivity index (χ4v) is 3.03. The lowest BCUT2D eigenvalue weighted by atomic mass is 9.92. The summed E-state index contributed by atoms with van der Waals surface area (Å²) in [6.07, 6.45) is 3.11. The van der Waals surface area contributed by atoms with Crippen molar-refractivity contribution in [3.05, 3.63) is 40.7 Å². The third-order valence-corrected chi connectivity index (χ3v) is 4.02. The van der Waals surface area contributed by atoms with Gasteiger partial charge in [-0.15, -0.1) is 0 Å². The van der Waals surface area contributed by atoms with E-state index in [0.29, 0.717) is 11.2 Å². The lowest BCUT2D eigenvalue weighted by molar-refractivity contribution is 0.0751. The molecule has 2 aromatic rings. The standard InChI is InChI=1S/C15H18N2O2/c16-14-9-10-5-1-2-6-11(10)15(19)17(14)12-7-3-4-8-13(12)18/h1-2,5-6,9,12-13,18H,3-4,7-8,16H2. The van der Waals surface area contributed by atoms with Gasteiger partial charge in [0.25, 0.3) is 5.56 Å². The molecule has 2 atom stereocenters. The number of nitrogen functional groups attached to an aromatic ring is 1. The van der Waals surface area contributed by atoms with Crippen LogP contribution in [0.1, 0.15) is 31.7 Å². The maximum atomic E-state index is 12.6. The van der Waals surface area contributed by atoms with Crippen LogP contribution in [0, 0.1) is 0 Å². The molecular weight excluding hydrogens is 240 g/mol. The minimum atomic E-state index is -0.477. The molecule has 0 saturated heterocycles. The number of aliphatic hydroxyl groups is 1. The van der Waals surface area contributed by atoms with Gasteiger partial charge in [-0.3, -0.25) is 9.36 Å². The molecule has 0 spiro atoms. The minimum absolute atomic E-state index is 0.0958. The lowest BCUT2D eigenvalue weighted by Crippen LogP contribution is -2.36. The number of nitrogens with two attached hydrogens (primary N) is 1. The monoisotopic (exact) mass is 258 g/mol. The topological polar surface area (TPSA) is 68.2 Å². The highest BCUT2D eigenvalue weighted by atomic mass is 16.3. The summed E-state index contributed by atoms with van der Waals surface area (Å²) < 4.78 is 1.58. The van der Waals surface area contributed by atoms with Crippen LogP contribution in [0.4, 0.5) is 5.82 Å². The van der Waals surface area contributed by atoms with Gasteiger partial charge in [0.1, 0.15) is 5.82 Å². The summed E-state index contributed by atoms with van der Waals surface area (Å²) >= 11 is 0. The van der Waals surface area contributed by atoms with Crippen LogP contribution >= 0.6 is 0 Å². The van der Waals surface area contributed by atoms with Crippen LogP contribution in [0.5, 0.6) is 0 Å². The smallest absolute Gasteiger partial charge is 0.260 e. The van der Waals surface area contributed by atoms with Crippen molar-refractivity contribution in [3.8, 4) is 0 Å². The highest BCUT2D eigenvalue weighted by Crippen LogP contribution is 2.30. The Bertz CT molecular complexity index is 663. The Hall–Kier alpha value is -1.81. The van der Waals surface area contributed by atoms with Gasteiger partial charge < -0.3 is 10.8 Å². The van der Waals surface area contributed by atoms with Gasteiger partial charge in [0.05, 0.1) is 12.1 Å². The summed E-state index contributed by atoms with van der Waals surface area (Å²) in [6, 6.07) is 9.06. The van der Waals surface area contributed by atoms with Crippen LogP contribution in [0.3, 0.4) is 0 Å². The van der Waals surface area contributed by atoms with Gasteiger partial charge in [0.2, 0.25) is 0 Å². The Kier molecular flexibility index (Phi) is 3.03. The second kappa shape index (κ2) is 4.70. The Labute approximate surface area is 111 Å². The molecule has 4 nitrogen and oxygen atoms in total. The van der Waals surface area contributed by atoms with Crippen molar-refractivity contribution < 1.29 is 5.11 Å². The van der Waals surface area contributed by atoms with Crippen molar-refractivity contribution in [1.29, 1.82) is 0 Å². The molecule has 1 aliphatic rings. The molecule has 2 unspecified atom stereocenters. The summed E-state index contributed by atoms with van der Waals surface area (Å²) in [6.45, 7) is 0. The first-order chi connectivity index (χ1) is 9.18. The molecule has 4 heteroatoms. The summed E-state index contributed by atoms with van der Waals surface area (Å²) in [5.41, 5.74) is 5.94. The number of hydrogen-bond donors (Lipinski definition) is 2. The fraction of sp³-hybridized carbons (Fsp3) is 0.400.